The van der Waals surface area contributed by atoms with E-state index in [1.165, 1.54) is 41.5 Å². The lowest BCUT2D eigenvalue weighted by Crippen LogP contribution is -2.28. The van der Waals surface area contributed by atoms with Crippen molar-refractivity contribution in [3.05, 3.63) is 140 Å². The summed E-state index contributed by atoms with van der Waals surface area (Å²) in [5.74, 6) is 0.362. The highest BCUT2D eigenvalue weighted by Gasteiger charge is 2.33. The molecule has 0 aromatic heterocycles. The molecule has 0 radical (unpaired) electrons. The smallest absolute Gasteiger partial charge is 0.0202 e. The zero-order valence-corrected chi connectivity index (χ0v) is 23.6. The molecule has 0 aliphatic rings. The molecule has 0 aliphatic carbocycles. The molecule has 0 bridgehead atoms. The highest BCUT2D eigenvalue weighted by atomic mass is 79.9. The molecule has 0 spiro atoms. The van der Waals surface area contributed by atoms with Gasteiger partial charge in [-0.25, -0.2) is 0 Å². The second kappa shape index (κ2) is 12.7. The number of unbranched alkanes of at least 4 members (excludes halogenated alkanes) is 1. The molecule has 4 aromatic rings. The fourth-order valence-corrected chi connectivity index (χ4v) is 6.28. The molecule has 180 valence electrons. The molecule has 0 nitrogen and oxygen atoms in total. The van der Waals surface area contributed by atoms with Gasteiger partial charge in [0.05, 0.1) is 0 Å². The molecule has 4 aromatic carbocycles. The third-order valence-electron chi connectivity index (χ3n) is 7.21. The van der Waals surface area contributed by atoms with Crippen molar-refractivity contribution in [2.24, 2.45) is 0 Å². The van der Waals surface area contributed by atoms with E-state index < -0.39 is 0 Å². The van der Waals surface area contributed by atoms with Gasteiger partial charge in [0.2, 0.25) is 0 Å². The Kier molecular flexibility index (Phi) is 9.40. The standard InChI is InChI=1S/C33H34Br2/c1-2-3-22-33(28-15-6-4-7-16-28,29-17-8-5-9-18-29)23-12-21-32(26-13-10-19-30(34)24-26)27-14-11-20-31(35)25-27/h4-11,13-20,24-25,32H,2-3,12,21-23H2,1H3. The van der Waals surface area contributed by atoms with Crippen LogP contribution in [0.1, 0.15) is 73.6 Å². The van der Waals surface area contributed by atoms with E-state index in [9.17, 15) is 0 Å². The van der Waals surface area contributed by atoms with E-state index >= 15 is 0 Å². The maximum atomic E-state index is 3.70. The number of rotatable bonds is 11. The second-order valence-corrected chi connectivity index (χ2v) is 11.3. The van der Waals surface area contributed by atoms with Crippen LogP contribution in [-0.2, 0) is 5.41 Å². The van der Waals surface area contributed by atoms with Crippen molar-refractivity contribution in [3.63, 3.8) is 0 Å². The largest absolute Gasteiger partial charge is 0.0654 e. The normalized spacial score (nSPS) is 11.7. The van der Waals surface area contributed by atoms with Crippen LogP contribution in [0.5, 0.6) is 0 Å². The highest BCUT2D eigenvalue weighted by Crippen LogP contribution is 2.43. The fourth-order valence-electron chi connectivity index (χ4n) is 5.44. The first kappa shape index (κ1) is 25.9. The minimum Gasteiger partial charge on any atom is -0.0654 e. The molecule has 0 N–H and O–H groups in total. The van der Waals surface area contributed by atoms with Crippen LogP contribution in [0.25, 0.3) is 0 Å². The van der Waals surface area contributed by atoms with Crippen LogP contribution in [0.4, 0.5) is 0 Å². The zero-order valence-electron chi connectivity index (χ0n) is 20.5. The van der Waals surface area contributed by atoms with Gasteiger partial charge >= 0.3 is 0 Å². The first-order chi connectivity index (χ1) is 17.1. The van der Waals surface area contributed by atoms with E-state index in [1.807, 2.05) is 0 Å². The Bertz CT molecular complexity index is 1100. The van der Waals surface area contributed by atoms with Gasteiger partial charge in [0, 0.05) is 20.3 Å². The summed E-state index contributed by atoms with van der Waals surface area (Å²) in [4.78, 5) is 0. The molecule has 2 heteroatoms. The van der Waals surface area contributed by atoms with Crippen molar-refractivity contribution >= 4 is 31.9 Å². The van der Waals surface area contributed by atoms with E-state index in [0.29, 0.717) is 5.92 Å². The van der Waals surface area contributed by atoms with Crippen molar-refractivity contribution in [3.8, 4) is 0 Å². The molecule has 0 heterocycles. The number of hydrogen-bond donors (Lipinski definition) is 0. The SMILES string of the molecule is CCCCC(CCCC(c1cccc(Br)c1)c1cccc(Br)c1)(c1ccccc1)c1ccccc1. The molecule has 0 amide bonds. The molecular formula is C33H34Br2. The van der Waals surface area contributed by atoms with Crippen LogP contribution in [0, 0.1) is 0 Å². The minimum absolute atomic E-state index is 0.0393. The summed E-state index contributed by atoms with van der Waals surface area (Å²) >= 11 is 7.40. The van der Waals surface area contributed by atoms with Gasteiger partial charge < -0.3 is 0 Å². The number of hydrogen-bond acceptors (Lipinski definition) is 0. The maximum Gasteiger partial charge on any atom is 0.0202 e. The average Bonchev–Trinajstić information content (AvgIpc) is 2.89. The first-order valence-electron chi connectivity index (χ1n) is 12.7. The van der Waals surface area contributed by atoms with E-state index in [4.69, 9.17) is 0 Å². The Morgan fingerprint density at radius 1 is 0.600 bits per heavy atom. The van der Waals surface area contributed by atoms with Crippen molar-refractivity contribution in [1.29, 1.82) is 0 Å². The van der Waals surface area contributed by atoms with Gasteiger partial charge in [-0.05, 0) is 65.8 Å². The molecule has 4 rings (SSSR count). The minimum atomic E-state index is 0.0393. The van der Waals surface area contributed by atoms with Crippen LogP contribution < -0.4 is 0 Å². The summed E-state index contributed by atoms with van der Waals surface area (Å²) in [6.07, 6.45) is 7.01. The monoisotopic (exact) mass is 588 g/mol. The summed E-state index contributed by atoms with van der Waals surface area (Å²) in [6, 6.07) is 40.1. The van der Waals surface area contributed by atoms with Crippen molar-refractivity contribution in [2.45, 2.75) is 56.8 Å². The Morgan fingerprint density at radius 2 is 1.09 bits per heavy atom. The van der Waals surface area contributed by atoms with Gasteiger partial charge in [0.15, 0.2) is 0 Å². The molecule has 0 fully saturated rings. The topological polar surface area (TPSA) is 0 Å². The van der Waals surface area contributed by atoms with Gasteiger partial charge in [0.1, 0.15) is 0 Å². The van der Waals surface area contributed by atoms with Crippen molar-refractivity contribution in [1.82, 2.24) is 0 Å². The number of benzene rings is 4. The summed E-state index contributed by atoms with van der Waals surface area (Å²) in [6.45, 7) is 2.30. The van der Waals surface area contributed by atoms with Gasteiger partial charge in [0.25, 0.3) is 0 Å². The van der Waals surface area contributed by atoms with E-state index in [2.05, 4.69) is 148 Å². The molecule has 0 atom stereocenters. The summed E-state index contributed by atoms with van der Waals surface area (Å²) < 4.78 is 2.28. The Labute approximate surface area is 228 Å². The predicted molar refractivity (Wildman–Crippen MR) is 157 cm³/mol. The Morgan fingerprint density at radius 3 is 1.54 bits per heavy atom. The third kappa shape index (κ3) is 6.54. The molecule has 0 saturated heterocycles. The molecule has 0 aliphatic heterocycles. The first-order valence-corrected chi connectivity index (χ1v) is 14.3. The lowest BCUT2D eigenvalue weighted by atomic mass is 9.67. The van der Waals surface area contributed by atoms with Crippen molar-refractivity contribution in [2.75, 3.05) is 0 Å². The highest BCUT2D eigenvalue weighted by molar-refractivity contribution is 9.10. The fraction of sp³-hybridized carbons (Fsp3) is 0.273. The average molecular weight is 590 g/mol. The van der Waals surface area contributed by atoms with Gasteiger partial charge in [-0.3, -0.25) is 0 Å². The van der Waals surface area contributed by atoms with E-state index in [-0.39, 0.29) is 5.41 Å². The Balaban J connectivity index is 1.67. The molecule has 0 saturated carbocycles. The van der Waals surface area contributed by atoms with Gasteiger partial charge in [-0.15, -0.1) is 0 Å². The van der Waals surface area contributed by atoms with Crippen LogP contribution in [0.15, 0.2) is 118 Å². The van der Waals surface area contributed by atoms with Crippen LogP contribution >= 0.6 is 31.9 Å². The van der Waals surface area contributed by atoms with Crippen molar-refractivity contribution < 1.29 is 0 Å². The summed E-state index contributed by atoms with van der Waals surface area (Å²) in [5, 5.41) is 0. The quantitative estimate of drug-likeness (QED) is 0.163. The summed E-state index contributed by atoms with van der Waals surface area (Å²) in [5.41, 5.74) is 5.67. The van der Waals surface area contributed by atoms with Crippen LogP contribution in [0.2, 0.25) is 0 Å². The number of halogens is 2. The Hall–Kier alpha value is -2.16. The van der Waals surface area contributed by atoms with Crippen LogP contribution in [0.3, 0.4) is 0 Å². The van der Waals surface area contributed by atoms with Gasteiger partial charge in [-0.1, -0.05) is 143 Å². The van der Waals surface area contributed by atoms with E-state index in [1.54, 1.807) is 0 Å². The second-order valence-electron chi connectivity index (χ2n) is 9.47. The molecule has 0 unspecified atom stereocenters. The molecular weight excluding hydrogens is 556 g/mol. The zero-order chi connectivity index (χ0) is 24.5. The van der Waals surface area contributed by atoms with Crippen LogP contribution in [-0.4, -0.2) is 0 Å². The predicted octanol–water partition coefficient (Wildman–Crippen LogP) is 10.7. The lowest BCUT2D eigenvalue weighted by molar-refractivity contribution is 0.398. The molecule has 35 heavy (non-hydrogen) atoms. The van der Waals surface area contributed by atoms with Gasteiger partial charge in [-0.2, -0.15) is 0 Å². The summed E-state index contributed by atoms with van der Waals surface area (Å²) in [7, 11) is 0. The third-order valence-corrected chi connectivity index (χ3v) is 8.19. The maximum absolute atomic E-state index is 3.70. The lowest BCUT2D eigenvalue weighted by Gasteiger charge is -2.36. The van der Waals surface area contributed by atoms with E-state index in [0.717, 1.165) is 28.2 Å².